The summed E-state index contributed by atoms with van der Waals surface area (Å²) in [5.41, 5.74) is 6.57. The van der Waals surface area contributed by atoms with Crippen molar-refractivity contribution in [3.63, 3.8) is 0 Å². The summed E-state index contributed by atoms with van der Waals surface area (Å²) in [5, 5.41) is 2.46. The van der Waals surface area contributed by atoms with E-state index in [1.807, 2.05) is 29.8 Å². The minimum Gasteiger partial charge on any atom is -0.201 e. The van der Waals surface area contributed by atoms with E-state index in [1.165, 1.54) is 25.7 Å². The number of pyridine rings is 1. The summed E-state index contributed by atoms with van der Waals surface area (Å²) in [6, 6.07) is 23.1. The van der Waals surface area contributed by atoms with Crippen LogP contribution in [0, 0.1) is 20.7 Å². The van der Waals surface area contributed by atoms with Gasteiger partial charge in [0.05, 0.1) is 0 Å². The van der Waals surface area contributed by atoms with Gasteiger partial charge in [-0.15, -0.1) is 11.3 Å². The normalized spacial score (nSPS) is 13.4. The molecule has 29 heavy (non-hydrogen) atoms. The van der Waals surface area contributed by atoms with Gasteiger partial charge >= 0.3 is 0 Å². The van der Waals surface area contributed by atoms with Crippen molar-refractivity contribution < 1.29 is 8.68 Å². The average Bonchev–Trinajstić information content (AvgIpc) is 3.10. The maximum Gasteiger partial charge on any atom is 0.213 e. The highest BCUT2D eigenvalue weighted by Gasteiger charge is 2.17. The fourth-order valence-electron chi connectivity index (χ4n) is 4.07. The Hall–Kier alpha value is -2.97. The maximum atomic E-state index is 8.17. The summed E-state index contributed by atoms with van der Waals surface area (Å²) in [4.78, 5) is 0. The number of nitrogens with zero attached hydrogens (tertiary/aromatic N) is 1. The van der Waals surface area contributed by atoms with Crippen molar-refractivity contribution in [2.45, 2.75) is 20.7 Å². The Balaban J connectivity index is 1.77. The van der Waals surface area contributed by atoms with Gasteiger partial charge in [0.15, 0.2) is 6.20 Å². The SMILES string of the molecule is [2H]C([2H])([2H])c1c[n+](C)c(-c2ccccc2C)cc1-c1ccc2c(c1)sc1cc(C)ccc12. The van der Waals surface area contributed by atoms with E-state index in [1.54, 1.807) is 17.5 Å². The number of hydrogen-bond donors (Lipinski definition) is 0. The number of aryl methyl sites for hydroxylation is 4. The molecule has 142 valence electrons. The summed E-state index contributed by atoms with van der Waals surface area (Å²) in [7, 11) is 1.91. The number of rotatable bonds is 2. The molecule has 0 fully saturated rings. The molecule has 0 aliphatic heterocycles. The lowest BCUT2D eigenvalue weighted by atomic mass is 9.97. The molecular formula is C27H24NS+. The van der Waals surface area contributed by atoms with Crippen LogP contribution in [0.1, 0.15) is 20.8 Å². The van der Waals surface area contributed by atoms with Crippen LogP contribution in [0.4, 0.5) is 0 Å². The van der Waals surface area contributed by atoms with Gasteiger partial charge < -0.3 is 0 Å². The first-order valence-electron chi connectivity index (χ1n) is 11.3. The molecule has 0 N–H and O–H groups in total. The Morgan fingerprint density at radius 2 is 1.55 bits per heavy atom. The van der Waals surface area contributed by atoms with E-state index in [-0.39, 0.29) is 0 Å². The van der Waals surface area contributed by atoms with Crippen LogP contribution in [0.3, 0.4) is 0 Å². The van der Waals surface area contributed by atoms with Crippen LogP contribution >= 0.6 is 11.3 Å². The number of fused-ring (bicyclic) bond motifs is 3. The molecule has 0 amide bonds. The zero-order valence-electron chi connectivity index (χ0n) is 19.8. The minimum atomic E-state index is -2.20. The zero-order chi connectivity index (χ0) is 22.6. The predicted molar refractivity (Wildman–Crippen MR) is 126 cm³/mol. The second kappa shape index (κ2) is 6.82. The van der Waals surface area contributed by atoms with Gasteiger partial charge in [0.2, 0.25) is 5.69 Å². The molecule has 5 aromatic rings. The molecule has 0 aliphatic carbocycles. The van der Waals surface area contributed by atoms with Crippen molar-refractivity contribution in [1.29, 1.82) is 0 Å². The van der Waals surface area contributed by atoms with Crippen molar-refractivity contribution in [3.05, 3.63) is 89.6 Å². The van der Waals surface area contributed by atoms with Gasteiger partial charge in [-0.2, -0.15) is 0 Å². The largest absolute Gasteiger partial charge is 0.213 e. The van der Waals surface area contributed by atoms with Crippen LogP contribution in [0.5, 0.6) is 0 Å². The lowest BCUT2D eigenvalue weighted by Crippen LogP contribution is -2.31. The standard InChI is InChI=1S/C27H24NS/c1-17-9-11-22-23-12-10-20(14-27(23)29-26(22)13-17)24-15-25(28(4)16-19(24)3)21-8-6-5-7-18(21)2/h5-16H,1-4H3/q+1/i3D3. The fourth-order valence-corrected chi connectivity index (χ4v) is 5.31. The van der Waals surface area contributed by atoms with Crippen molar-refractivity contribution >= 4 is 31.5 Å². The number of hydrogen-bond acceptors (Lipinski definition) is 1. The smallest absolute Gasteiger partial charge is 0.201 e. The first kappa shape index (κ1) is 14.9. The fraction of sp³-hybridized carbons (Fsp3) is 0.148. The summed E-state index contributed by atoms with van der Waals surface area (Å²) >= 11 is 1.76. The maximum absolute atomic E-state index is 8.17. The molecule has 2 heterocycles. The van der Waals surface area contributed by atoms with Gasteiger partial charge in [-0.3, -0.25) is 0 Å². The molecule has 1 nitrogen and oxygen atoms in total. The molecule has 0 aliphatic rings. The van der Waals surface area contributed by atoms with Gasteiger partial charge in [0.25, 0.3) is 0 Å². The Kier molecular flexibility index (Phi) is 3.52. The second-order valence-electron chi connectivity index (χ2n) is 7.72. The predicted octanol–water partition coefficient (Wildman–Crippen LogP) is 7.14. The Bertz CT molecular complexity index is 1490. The Morgan fingerprint density at radius 1 is 0.793 bits per heavy atom. The highest BCUT2D eigenvalue weighted by atomic mass is 32.1. The molecule has 0 spiro atoms. The van der Waals surface area contributed by atoms with Gasteiger partial charge in [-0.25, -0.2) is 4.57 Å². The van der Waals surface area contributed by atoms with E-state index in [0.29, 0.717) is 5.56 Å². The third-order valence-electron chi connectivity index (χ3n) is 5.63. The topological polar surface area (TPSA) is 3.88 Å². The molecule has 5 rings (SSSR count). The molecule has 0 saturated heterocycles. The van der Waals surface area contributed by atoms with E-state index >= 15 is 0 Å². The van der Waals surface area contributed by atoms with Crippen molar-refractivity contribution in [3.8, 4) is 22.4 Å². The van der Waals surface area contributed by atoms with E-state index in [0.717, 1.165) is 27.9 Å². The molecule has 0 atom stereocenters. The minimum absolute atomic E-state index is 0.369. The molecule has 3 aromatic carbocycles. The van der Waals surface area contributed by atoms with E-state index < -0.39 is 6.85 Å². The van der Waals surface area contributed by atoms with Gasteiger partial charge in [0.1, 0.15) is 7.05 Å². The monoisotopic (exact) mass is 397 g/mol. The van der Waals surface area contributed by atoms with Crippen molar-refractivity contribution in [1.82, 2.24) is 0 Å². The summed E-state index contributed by atoms with van der Waals surface area (Å²) in [5.74, 6) is 0. The molecular weight excluding hydrogens is 370 g/mol. The lowest BCUT2D eigenvalue weighted by molar-refractivity contribution is -0.660. The summed E-state index contributed by atoms with van der Waals surface area (Å²) in [6.45, 7) is 1.98. The van der Waals surface area contributed by atoms with Gasteiger partial charge in [-0.1, -0.05) is 42.5 Å². The third-order valence-corrected chi connectivity index (χ3v) is 6.75. The number of benzene rings is 3. The van der Waals surface area contributed by atoms with Crippen LogP contribution in [-0.2, 0) is 7.05 Å². The highest BCUT2D eigenvalue weighted by Crippen LogP contribution is 2.37. The average molecular weight is 398 g/mol. The molecule has 0 radical (unpaired) electrons. The highest BCUT2D eigenvalue weighted by molar-refractivity contribution is 7.25. The molecule has 0 saturated carbocycles. The van der Waals surface area contributed by atoms with Crippen molar-refractivity contribution in [2.75, 3.05) is 0 Å². The van der Waals surface area contributed by atoms with E-state index in [4.69, 9.17) is 4.11 Å². The number of thiophene rings is 1. The first-order valence-corrected chi connectivity index (χ1v) is 10.6. The van der Waals surface area contributed by atoms with Crippen LogP contribution in [0.2, 0.25) is 0 Å². The second-order valence-corrected chi connectivity index (χ2v) is 8.81. The molecule has 2 heteroatoms. The lowest BCUT2D eigenvalue weighted by Gasteiger charge is -2.10. The van der Waals surface area contributed by atoms with Crippen LogP contribution < -0.4 is 4.57 Å². The Labute approximate surface area is 180 Å². The summed E-state index contributed by atoms with van der Waals surface area (Å²) in [6.07, 6.45) is 1.77. The molecule has 0 bridgehead atoms. The van der Waals surface area contributed by atoms with Crippen molar-refractivity contribution in [2.24, 2.45) is 7.05 Å². The van der Waals surface area contributed by atoms with E-state index in [2.05, 4.69) is 62.4 Å². The first-order chi connectivity index (χ1) is 15.2. The van der Waals surface area contributed by atoms with Crippen LogP contribution in [-0.4, -0.2) is 0 Å². The quantitative estimate of drug-likeness (QED) is 0.279. The van der Waals surface area contributed by atoms with Crippen LogP contribution in [0.15, 0.2) is 72.9 Å². The molecule has 2 aromatic heterocycles. The van der Waals surface area contributed by atoms with Crippen LogP contribution in [0.25, 0.3) is 42.6 Å². The molecule has 0 unspecified atom stereocenters. The third kappa shape index (κ3) is 3.04. The summed E-state index contributed by atoms with van der Waals surface area (Å²) < 4.78 is 28.9. The van der Waals surface area contributed by atoms with E-state index in [9.17, 15) is 0 Å². The Morgan fingerprint density at radius 3 is 2.34 bits per heavy atom. The van der Waals surface area contributed by atoms with Gasteiger partial charge in [0, 0.05) is 41.5 Å². The zero-order valence-corrected chi connectivity index (χ0v) is 17.6. The van der Waals surface area contributed by atoms with Gasteiger partial charge in [-0.05, 0) is 61.2 Å². The number of aromatic nitrogens is 1.